The summed E-state index contributed by atoms with van der Waals surface area (Å²) in [6.07, 6.45) is 0. The topological polar surface area (TPSA) is 55.8 Å². The van der Waals surface area contributed by atoms with Gasteiger partial charge in [-0.05, 0) is 18.7 Å². The van der Waals surface area contributed by atoms with Crippen LogP contribution in [0.25, 0.3) is 0 Å². The molecule has 1 atom stereocenters. The normalized spacial score (nSPS) is 17.9. The highest BCUT2D eigenvalue weighted by atomic mass is 16.4. The van der Waals surface area contributed by atoms with Gasteiger partial charge < -0.3 is 15.3 Å². The van der Waals surface area contributed by atoms with E-state index < -0.39 is 12.0 Å². The second kappa shape index (κ2) is 7.26. The van der Waals surface area contributed by atoms with Crippen molar-refractivity contribution in [1.29, 1.82) is 0 Å². The molecule has 1 aromatic carbocycles. The SMILES string of the molecule is CCNC(CN1CCN(c2ccccc2)CC1)C(=O)O. The lowest BCUT2D eigenvalue weighted by atomic mass is 10.2. The van der Waals surface area contributed by atoms with Crippen molar-refractivity contribution in [3.05, 3.63) is 30.3 Å². The number of anilines is 1. The molecule has 1 aliphatic rings. The summed E-state index contributed by atoms with van der Waals surface area (Å²) in [6, 6.07) is 9.89. The Bertz CT molecular complexity index is 416. The van der Waals surface area contributed by atoms with Gasteiger partial charge in [-0.25, -0.2) is 0 Å². The summed E-state index contributed by atoms with van der Waals surface area (Å²) in [5.41, 5.74) is 1.24. The number of carboxylic acids is 1. The van der Waals surface area contributed by atoms with Gasteiger partial charge in [0.15, 0.2) is 0 Å². The zero-order valence-corrected chi connectivity index (χ0v) is 12.0. The quantitative estimate of drug-likeness (QED) is 0.808. The largest absolute Gasteiger partial charge is 0.480 e. The van der Waals surface area contributed by atoms with Crippen LogP contribution >= 0.6 is 0 Å². The fourth-order valence-electron chi connectivity index (χ4n) is 2.56. The Kier molecular flexibility index (Phi) is 5.38. The van der Waals surface area contributed by atoms with Crippen molar-refractivity contribution in [3.8, 4) is 0 Å². The highest BCUT2D eigenvalue weighted by Gasteiger charge is 2.23. The molecule has 0 radical (unpaired) electrons. The van der Waals surface area contributed by atoms with Crippen LogP contribution in [0.15, 0.2) is 30.3 Å². The van der Waals surface area contributed by atoms with Crippen LogP contribution in [0.2, 0.25) is 0 Å². The lowest BCUT2D eigenvalue weighted by molar-refractivity contribution is -0.140. The number of rotatable bonds is 6. The van der Waals surface area contributed by atoms with Crippen LogP contribution in [0.3, 0.4) is 0 Å². The molecule has 0 spiro atoms. The Morgan fingerprint density at radius 3 is 2.45 bits per heavy atom. The van der Waals surface area contributed by atoms with Crippen LogP contribution in [0.4, 0.5) is 5.69 Å². The average molecular weight is 277 g/mol. The Morgan fingerprint density at radius 1 is 1.25 bits per heavy atom. The molecule has 2 rings (SSSR count). The number of benzene rings is 1. The molecular formula is C15H23N3O2. The summed E-state index contributed by atoms with van der Waals surface area (Å²) in [7, 11) is 0. The Balaban J connectivity index is 1.83. The van der Waals surface area contributed by atoms with Gasteiger partial charge >= 0.3 is 5.97 Å². The Hall–Kier alpha value is -1.59. The van der Waals surface area contributed by atoms with Gasteiger partial charge in [-0.1, -0.05) is 25.1 Å². The standard InChI is InChI=1S/C15H23N3O2/c1-2-16-14(15(19)20)12-17-8-10-18(11-9-17)13-6-4-3-5-7-13/h3-7,14,16H,2,8-12H2,1H3,(H,19,20). The molecule has 1 fully saturated rings. The molecular weight excluding hydrogens is 254 g/mol. The molecule has 0 amide bonds. The zero-order chi connectivity index (χ0) is 14.4. The van der Waals surface area contributed by atoms with E-state index >= 15 is 0 Å². The number of nitrogens with one attached hydrogen (secondary N) is 1. The summed E-state index contributed by atoms with van der Waals surface area (Å²) >= 11 is 0. The smallest absolute Gasteiger partial charge is 0.322 e. The minimum absolute atomic E-state index is 0.469. The lowest BCUT2D eigenvalue weighted by Crippen LogP contribution is -2.52. The van der Waals surface area contributed by atoms with Gasteiger partial charge in [0.25, 0.3) is 0 Å². The summed E-state index contributed by atoms with van der Waals surface area (Å²) < 4.78 is 0. The fourth-order valence-corrected chi connectivity index (χ4v) is 2.56. The molecule has 1 heterocycles. The van der Waals surface area contributed by atoms with E-state index in [1.807, 2.05) is 25.1 Å². The van der Waals surface area contributed by atoms with Crippen LogP contribution in [0.5, 0.6) is 0 Å². The van der Waals surface area contributed by atoms with Crippen molar-refractivity contribution in [3.63, 3.8) is 0 Å². The molecule has 1 saturated heterocycles. The molecule has 1 aliphatic heterocycles. The third-order valence-corrected chi connectivity index (χ3v) is 3.68. The fraction of sp³-hybridized carbons (Fsp3) is 0.533. The molecule has 0 aromatic heterocycles. The molecule has 0 saturated carbocycles. The first-order chi connectivity index (χ1) is 9.70. The number of hydrogen-bond donors (Lipinski definition) is 2. The van der Waals surface area contributed by atoms with Crippen molar-refractivity contribution in [1.82, 2.24) is 10.2 Å². The third kappa shape index (κ3) is 3.95. The maximum Gasteiger partial charge on any atom is 0.322 e. The highest BCUT2D eigenvalue weighted by Crippen LogP contribution is 2.15. The predicted molar refractivity (Wildman–Crippen MR) is 80.2 cm³/mol. The maximum atomic E-state index is 11.1. The van der Waals surface area contributed by atoms with E-state index in [0.717, 1.165) is 26.2 Å². The van der Waals surface area contributed by atoms with Crippen molar-refractivity contribution in [2.75, 3.05) is 44.2 Å². The van der Waals surface area contributed by atoms with E-state index in [9.17, 15) is 4.79 Å². The minimum Gasteiger partial charge on any atom is -0.480 e. The number of aliphatic carboxylic acids is 1. The average Bonchev–Trinajstić information content (AvgIpc) is 2.48. The molecule has 20 heavy (non-hydrogen) atoms. The van der Waals surface area contributed by atoms with Crippen molar-refractivity contribution in [2.45, 2.75) is 13.0 Å². The Morgan fingerprint density at radius 2 is 1.90 bits per heavy atom. The zero-order valence-electron chi connectivity index (χ0n) is 12.0. The van der Waals surface area contributed by atoms with Gasteiger partial charge in [0, 0.05) is 38.4 Å². The van der Waals surface area contributed by atoms with Crippen LogP contribution < -0.4 is 10.2 Å². The van der Waals surface area contributed by atoms with Gasteiger partial charge in [0.2, 0.25) is 0 Å². The van der Waals surface area contributed by atoms with E-state index in [4.69, 9.17) is 5.11 Å². The molecule has 5 heteroatoms. The lowest BCUT2D eigenvalue weighted by Gasteiger charge is -2.37. The van der Waals surface area contributed by atoms with Gasteiger partial charge in [0.05, 0.1) is 0 Å². The highest BCUT2D eigenvalue weighted by molar-refractivity contribution is 5.73. The van der Waals surface area contributed by atoms with E-state index in [-0.39, 0.29) is 0 Å². The number of carboxylic acid groups (broad SMARTS) is 1. The molecule has 0 bridgehead atoms. The predicted octanol–water partition coefficient (Wildman–Crippen LogP) is 0.871. The first-order valence-corrected chi connectivity index (χ1v) is 7.19. The number of piperazine rings is 1. The van der Waals surface area contributed by atoms with Crippen LogP contribution in [-0.4, -0.2) is 61.3 Å². The summed E-state index contributed by atoms with van der Waals surface area (Å²) in [6.45, 7) is 6.90. The van der Waals surface area contributed by atoms with Crippen molar-refractivity contribution < 1.29 is 9.90 Å². The third-order valence-electron chi connectivity index (χ3n) is 3.68. The first-order valence-electron chi connectivity index (χ1n) is 7.19. The first kappa shape index (κ1) is 14.8. The second-order valence-corrected chi connectivity index (χ2v) is 5.07. The van der Waals surface area contributed by atoms with Gasteiger partial charge in [-0.15, -0.1) is 0 Å². The number of hydrogen-bond acceptors (Lipinski definition) is 4. The van der Waals surface area contributed by atoms with Gasteiger partial charge in [0.1, 0.15) is 6.04 Å². The van der Waals surface area contributed by atoms with E-state index in [1.54, 1.807) is 0 Å². The van der Waals surface area contributed by atoms with Gasteiger partial charge in [-0.3, -0.25) is 9.69 Å². The molecule has 110 valence electrons. The van der Waals surface area contributed by atoms with Crippen LogP contribution in [0.1, 0.15) is 6.92 Å². The molecule has 1 aromatic rings. The number of carbonyl (C=O) groups is 1. The minimum atomic E-state index is -0.766. The molecule has 1 unspecified atom stereocenters. The van der Waals surface area contributed by atoms with Crippen molar-refractivity contribution >= 4 is 11.7 Å². The Labute approximate surface area is 120 Å². The molecule has 5 nitrogen and oxygen atoms in total. The second-order valence-electron chi connectivity index (χ2n) is 5.07. The van der Waals surface area contributed by atoms with Crippen LogP contribution in [-0.2, 0) is 4.79 Å². The van der Waals surface area contributed by atoms with E-state index in [0.29, 0.717) is 13.1 Å². The van der Waals surface area contributed by atoms with Crippen LogP contribution in [0, 0.1) is 0 Å². The molecule has 0 aliphatic carbocycles. The van der Waals surface area contributed by atoms with Crippen molar-refractivity contribution in [2.24, 2.45) is 0 Å². The van der Waals surface area contributed by atoms with Gasteiger partial charge in [-0.2, -0.15) is 0 Å². The van der Waals surface area contributed by atoms with E-state index in [2.05, 4.69) is 27.2 Å². The summed E-state index contributed by atoms with van der Waals surface area (Å²) in [5, 5.41) is 12.2. The summed E-state index contributed by atoms with van der Waals surface area (Å²) in [4.78, 5) is 15.7. The monoisotopic (exact) mass is 277 g/mol. The number of nitrogens with zero attached hydrogens (tertiary/aromatic N) is 2. The summed E-state index contributed by atoms with van der Waals surface area (Å²) in [5.74, 6) is -0.766. The number of para-hydroxylation sites is 1. The van der Waals surface area contributed by atoms with E-state index in [1.165, 1.54) is 5.69 Å². The number of likely N-dealkylation sites (N-methyl/N-ethyl adjacent to an activating group) is 1. The molecule has 2 N–H and O–H groups in total. The maximum absolute atomic E-state index is 11.1.